The Morgan fingerprint density at radius 3 is 2.11 bits per heavy atom. The molecule has 1 amide bonds. The van der Waals surface area contributed by atoms with E-state index >= 15 is 0 Å². The van der Waals surface area contributed by atoms with Crippen LogP contribution in [-0.4, -0.2) is 28.0 Å². The van der Waals surface area contributed by atoms with Gasteiger partial charge in [-0.3, -0.25) is 14.5 Å². The monoisotopic (exact) mass is 535 g/mol. The molecule has 2 atom stereocenters. The Balaban J connectivity index is 0.00000190. The lowest BCUT2D eigenvalue weighted by atomic mass is 9.74. The van der Waals surface area contributed by atoms with Crippen LogP contribution in [-0.2, 0) is 4.79 Å². The number of amides is 1. The van der Waals surface area contributed by atoms with Crippen LogP contribution < -0.4 is 4.90 Å². The number of benzene rings is 3. The molecule has 0 spiro atoms. The second-order valence-electron chi connectivity index (χ2n) is 8.78. The minimum atomic E-state index is -0.632. The average molecular weight is 536 g/mol. The first kappa shape index (κ1) is 28.2. The highest BCUT2D eigenvalue weighted by atomic mass is 32.1. The smallest absolute Gasteiger partial charge is 0.232 e. The Labute approximate surface area is 230 Å². The number of fused-ring (bicyclic) bond motifs is 1. The summed E-state index contributed by atoms with van der Waals surface area (Å²) in [5.74, 6) is -0.919. The van der Waals surface area contributed by atoms with Crippen LogP contribution in [0.15, 0.2) is 84.9 Å². The summed E-state index contributed by atoms with van der Waals surface area (Å²) in [6.45, 7) is 4.29. The maximum Gasteiger partial charge on any atom is 0.232 e. The third kappa shape index (κ3) is 5.22. The largest absolute Gasteiger partial charge is 0.296 e. The number of ketones is 1. The lowest BCUT2D eigenvalue weighted by Gasteiger charge is -2.38. The van der Waals surface area contributed by atoms with Crippen LogP contribution >= 0.6 is 27.0 Å². The molecular weight excluding hydrogens is 505 g/mol. The van der Waals surface area contributed by atoms with E-state index in [2.05, 4.69) is 0 Å². The fraction of sp³-hybridized carbons (Fsp3) is 0.207. The highest BCUT2D eigenvalue weighted by molar-refractivity contribution is 7.59. The molecule has 5 nitrogen and oxygen atoms in total. The summed E-state index contributed by atoms with van der Waals surface area (Å²) in [5, 5.41) is 4.82. The fourth-order valence-corrected chi connectivity index (χ4v) is 5.07. The van der Waals surface area contributed by atoms with Crippen molar-refractivity contribution in [1.82, 2.24) is 9.78 Å². The maximum absolute atomic E-state index is 14.0. The van der Waals surface area contributed by atoms with Crippen molar-refractivity contribution in [3.05, 3.63) is 113 Å². The number of aryl methyl sites for hydroxylation is 1. The Morgan fingerprint density at radius 1 is 0.919 bits per heavy atom. The molecule has 0 N–H and O–H groups in total. The summed E-state index contributed by atoms with van der Waals surface area (Å²) in [6.07, 6.45) is 0.0524. The summed E-state index contributed by atoms with van der Waals surface area (Å²) in [6, 6.07) is 24.9. The van der Waals surface area contributed by atoms with Gasteiger partial charge in [0.15, 0.2) is 5.78 Å². The van der Waals surface area contributed by atoms with Crippen LogP contribution in [0.5, 0.6) is 0 Å². The quantitative estimate of drug-likeness (QED) is 0.288. The van der Waals surface area contributed by atoms with Gasteiger partial charge in [0.25, 0.3) is 0 Å². The number of rotatable bonds is 6. The van der Waals surface area contributed by atoms with Gasteiger partial charge in [-0.25, -0.2) is 9.07 Å². The highest BCUT2D eigenvalue weighted by Gasteiger charge is 2.45. The molecular formula is C29H30FN3O2S2. The Hall–Kier alpha value is -3.36. The molecule has 5 rings (SSSR count). The third-order valence-electron chi connectivity index (χ3n) is 6.68. The predicted octanol–water partition coefficient (Wildman–Crippen LogP) is 5.93. The van der Waals surface area contributed by atoms with E-state index in [-0.39, 0.29) is 50.9 Å². The molecule has 192 valence electrons. The van der Waals surface area contributed by atoms with Crippen LogP contribution in [0.25, 0.3) is 5.69 Å². The molecule has 1 aliphatic rings. The van der Waals surface area contributed by atoms with Gasteiger partial charge in [-0.05, 0) is 43.7 Å². The standard InChI is InChI=1S/C29H26FN3O2.2H2S/c1-3-32-28-26(19(2)31-33(28)23-12-8-5-9-13-23)27(21-14-16-22(30)17-15-21)24(29(32)35)18-25(34)20-10-6-4-7-11-20;;/h4-17,24,27H,3,18H2,1-2H3;2*1H2/t24-,27+;;/m0../s1. The molecule has 8 heteroatoms. The minimum Gasteiger partial charge on any atom is -0.296 e. The summed E-state index contributed by atoms with van der Waals surface area (Å²) in [4.78, 5) is 29.0. The van der Waals surface area contributed by atoms with E-state index in [1.807, 2.05) is 62.4 Å². The zero-order valence-corrected chi connectivity index (χ0v) is 22.7. The van der Waals surface area contributed by atoms with E-state index in [1.165, 1.54) is 12.1 Å². The van der Waals surface area contributed by atoms with Crippen molar-refractivity contribution in [1.29, 1.82) is 0 Å². The summed E-state index contributed by atoms with van der Waals surface area (Å²) < 4.78 is 15.6. The van der Waals surface area contributed by atoms with E-state index in [4.69, 9.17) is 5.10 Å². The molecule has 0 radical (unpaired) electrons. The third-order valence-corrected chi connectivity index (χ3v) is 6.68. The van der Waals surface area contributed by atoms with Gasteiger partial charge in [0.2, 0.25) is 5.91 Å². The Bertz CT molecular complexity index is 1380. The molecule has 0 fully saturated rings. The Kier molecular flexibility index (Phi) is 8.99. The van der Waals surface area contributed by atoms with Crippen molar-refractivity contribution >= 4 is 44.5 Å². The van der Waals surface area contributed by atoms with Crippen molar-refractivity contribution in [2.24, 2.45) is 5.92 Å². The van der Waals surface area contributed by atoms with E-state index in [0.717, 1.165) is 22.5 Å². The van der Waals surface area contributed by atoms with Crippen molar-refractivity contribution in [2.45, 2.75) is 26.2 Å². The number of aromatic nitrogens is 2. The van der Waals surface area contributed by atoms with Gasteiger partial charge in [-0.2, -0.15) is 32.1 Å². The van der Waals surface area contributed by atoms with Gasteiger partial charge in [-0.15, -0.1) is 0 Å². The molecule has 4 aromatic rings. The van der Waals surface area contributed by atoms with Gasteiger partial charge in [-0.1, -0.05) is 60.7 Å². The van der Waals surface area contributed by atoms with Gasteiger partial charge in [0, 0.05) is 30.0 Å². The molecule has 1 aromatic heterocycles. The SMILES string of the molecule is CCN1C(=O)[C@@H](CC(=O)c2ccccc2)[C@@H](c2ccc(F)cc2)c2c(C)nn(-c3ccccc3)c21.S.S. The molecule has 3 aromatic carbocycles. The normalized spacial score (nSPS) is 16.4. The number of carbonyl (C=O) groups is 2. The number of para-hydroxylation sites is 1. The second kappa shape index (κ2) is 11.8. The van der Waals surface area contributed by atoms with Crippen LogP contribution in [0.3, 0.4) is 0 Å². The van der Waals surface area contributed by atoms with E-state index in [9.17, 15) is 14.0 Å². The maximum atomic E-state index is 14.0. The van der Waals surface area contributed by atoms with Crippen molar-refractivity contribution in [3.8, 4) is 5.69 Å². The lowest BCUT2D eigenvalue weighted by Crippen LogP contribution is -2.45. The predicted molar refractivity (Wildman–Crippen MR) is 154 cm³/mol. The van der Waals surface area contributed by atoms with Gasteiger partial charge >= 0.3 is 0 Å². The number of anilines is 1. The first-order valence-electron chi connectivity index (χ1n) is 11.8. The van der Waals surface area contributed by atoms with Gasteiger partial charge in [0.05, 0.1) is 17.3 Å². The highest BCUT2D eigenvalue weighted by Crippen LogP contribution is 2.47. The summed E-state index contributed by atoms with van der Waals surface area (Å²) >= 11 is 0. The number of hydrogen-bond acceptors (Lipinski definition) is 3. The van der Waals surface area contributed by atoms with Crippen LogP contribution in [0.1, 0.15) is 46.4 Å². The molecule has 2 heterocycles. The van der Waals surface area contributed by atoms with Crippen LogP contribution in [0, 0.1) is 18.7 Å². The number of Topliss-reactive ketones (excluding diaryl/α,β-unsaturated/α-hetero) is 1. The molecule has 0 aliphatic carbocycles. The first-order valence-corrected chi connectivity index (χ1v) is 11.8. The average Bonchev–Trinajstić information content (AvgIpc) is 3.23. The fourth-order valence-electron chi connectivity index (χ4n) is 5.07. The topological polar surface area (TPSA) is 55.2 Å². The van der Waals surface area contributed by atoms with E-state index < -0.39 is 11.8 Å². The molecule has 0 unspecified atom stereocenters. The summed E-state index contributed by atoms with van der Waals surface area (Å²) in [7, 11) is 0. The molecule has 0 bridgehead atoms. The lowest BCUT2D eigenvalue weighted by molar-refractivity contribution is -0.123. The zero-order chi connectivity index (χ0) is 24.5. The van der Waals surface area contributed by atoms with Crippen molar-refractivity contribution in [3.63, 3.8) is 0 Å². The summed E-state index contributed by atoms with van der Waals surface area (Å²) in [5.41, 5.74) is 3.89. The second-order valence-corrected chi connectivity index (χ2v) is 8.78. The van der Waals surface area contributed by atoms with E-state index in [0.29, 0.717) is 17.9 Å². The number of halogens is 1. The van der Waals surface area contributed by atoms with E-state index in [1.54, 1.807) is 33.8 Å². The van der Waals surface area contributed by atoms with Crippen LogP contribution in [0.4, 0.5) is 10.2 Å². The minimum absolute atomic E-state index is 0. The molecule has 37 heavy (non-hydrogen) atoms. The molecule has 1 aliphatic heterocycles. The number of hydrogen-bond donors (Lipinski definition) is 0. The van der Waals surface area contributed by atoms with Crippen molar-refractivity contribution in [2.75, 3.05) is 11.4 Å². The Morgan fingerprint density at radius 2 is 1.51 bits per heavy atom. The molecule has 0 saturated carbocycles. The zero-order valence-electron chi connectivity index (χ0n) is 20.7. The first-order chi connectivity index (χ1) is 17.0. The van der Waals surface area contributed by atoms with Gasteiger partial charge in [0.1, 0.15) is 11.6 Å². The number of carbonyl (C=O) groups excluding carboxylic acids is 2. The van der Waals surface area contributed by atoms with Gasteiger partial charge < -0.3 is 0 Å². The van der Waals surface area contributed by atoms with Crippen LogP contribution in [0.2, 0.25) is 0 Å². The molecule has 0 saturated heterocycles. The number of nitrogens with zero attached hydrogens (tertiary/aromatic N) is 3. The van der Waals surface area contributed by atoms with Crippen molar-refractivity contribution < 1.29 is 14.0 Å².